The van der Waals surface area contributed by atoms with Gasteiger partial charge >= 0.3 is 0 Å². The van der Waals surface area contributed by atoms with Crippen LogP contribution in [0.15, 0.2) is 17.0 Å². The lowest BCUT2D eigenvalue weighted by molar-refractivity contribution is 0.555. The molecule has 118 valence electrons. The van der Waals surface area contributed by atoms with Crippen LogP contribution in [0.1, 0.15) is 31.7 Å². The molecular formula is C14H21ClN2O2S2. The Kier molecular flexibility index (Phi) is 5.46. The van der Waals surface area contributed by atoms with Gasteiger partial charge in [-0.15, -0.1) is 0 Å². The molecule has 1 saturated carbocycles. The summed E-state index contributed by atoms with van der Waals surface area (Å²) in [5.74, 6) is 0.987. The number of hydrogen-bond acceptors (Lipinski definition) is 4. The van der Waals surface area contributed by atoms with Gasteiger partial charge in [-0.1, -0.05) is 24.9 Å². The highest BCUT2D eigenvalue weighted by molar-refractivity contribution is 8.00. The summed E-state index contributed by atoms with van der Waals surface area (Å²) in [5.41, 5.74) is 7.03. The van der Waals surface area contributed by atoms with Crippen molar-refractivity contribution in [3.63, 3.8) is 0 Å². The second-order valence-electron chi connectivity index (χ2n) is 5.29. The van der Waals surface area contributed by atoms with E-state index in [0.29, 0.717) is 10.9 Å². The van der Waals surface area contributed by atoms with Crippen molar-refractivity contribution in [3.8, 4) is 0 Å². The summed E-state index contributed by atoms with van der Waals surface area (Å²) >= 11 is 7.90. The van der Waals surface area contributed by atoms with Crippen molar-refractivity contribution in [3.05, 3.63) is 22.7 Å². The molecule has 1 aromatic rings. The molecule has 3 N–H and O–H groups in total. The van der Waals surface area contributed by atoms with E-state index in [0.717, 1.165) is 30.6 Å². The second-order valence-corrected chi connectivity index (χ2v) is 8.90. The van der Waals surface area contributed by atoms with E-state index >= 15 is 0 Å². The van der Waals surface area contributed by atoms with Crippen LogP contribution < -0.4 is 10.5 Å². The molecule has 21 heavy (non-hydrogen) atoms. The molecule has 1 fully saturated rings. The number of sulfonamides is 1. The topological polar surface area (TPSA) is 72.2 Å². The highest BCUT2D eigenvalue weighted by Gasteiger charge is 2.32. The van der Waals surface area contributed by atoms with E-state index in [1.807, 2.05) is 11.8 Å². The molecule has 0 aliphatic heterocycles. The summed E-state index contributed by atoms with van der Waals surface area (Å²) < 4.78 is 27.9. The third-order valence-electron chi connectivity index (χ3n) is 3.75. The first-order chi connectivity index (χ1) is 9.85. The van der Waals surface area contributed by atoms with Crippen molar-refractivity contribution >= 4 is 39.1 Å². The van der Waals surface area contributed by atoms with Crippen LogP contribution in [0, 0.1) is 6.92 Å². The fourth-order valence-corrected chi connectivity index (χ4v) is 5.82. The Morgan fingerprint density at radius 2 is 2.14 bits per heavy atom. The Morgan fingerprint density at radius 3 is 2.81 bits per heavy atom. The maximum absolute atomic E-state index is 12.6. The summed E-state index contributed by atoms with van der Waals surface area (Å²) in [6.45, 7) is 3.89. The molecule has 4 nitrogen and oxygen atoms in total. The highest BCUT2D eigenvalue weighted by atomic mass is 35.5. The molecule has 0 amide bonds. The van der Waals surface area contributed by atoms with E-state index in [2.05, 4.69) is 11.6 Å². The third-order valence-corrected chi connectivity index (χ3v) is 7.03. The Labute approximate surface area is 135 Å². The van der Waals surface area contributed by atoms with Crippen molar-refractivity contribution in [2.45, 2.75) is 49.3 Å². The minimum atomic E-state index is -3.64. The lowest BCUT2D eigenvalue weighted by atomic mass is 10.2. The van der Waals surface area contributed by atoms with Crippen LogP contribution in [0.2, 0.25) is 5.02 Å². The molecule has 1 aliphatic carbocycles. The number of hydrogen-bond donors (Lipinski definition) is 2. The van der Waals surface area contributed by atoms with Crippen molar-refractivity contribution in [2.24, 2.45) is 0 Å². The fraction of sp³-hybridized carbons (Fsp3) is 0.571. The fourth-order valence-electron chi connectivity index (χ4n) is 2.61. The van der Waals surface area contributed by atoms with Crippen LogP contribution >= 0.6 is 23.4 Å². The summed E-state index contributed by atoms with van der Waals surface area (Å²) in [5, 5.41) is 0.554. The molecular weight excluding hydrogens is 328 g/mol. The molecule has 0 heterocycles. The van der Waals surface area contributed by atoms with Gasteiger partial charge in [0.1, 0.15) is 4.90 Å². The van der Waals surface area contributed by atoms with Gasteiger partial charge in [0.25, 0.3) is 0 Å². The number of nitrogens with two attached hydrogens (primary N) is 1. The molecule has 1 aliphatic rings. The average molecular weight is 349 g/mol. The minimum Gasteiger partial charge on any atom is -0.398 e. The molecule has 0 radical (unpaired) electrons. The van der Waals surface area contributed by atoms with E-state index in [4.69, 9.17) is 17.3 Å². The number of halogens is 1. The Balaban J connectivity index is 2.24. The number of benzene rings is 1. The predicted molar refractivity (Wildman–Crippen MR) is 90.5 cm³/mol. The zero-order chi connectivity index (χ0) is 15.6. The summed E-state index contributed by atoms with van der Waals surface area (Å²) in [6, 6.07) is 3.01. The second kappa shape index (κ2) is 6.77. The van der Waals surface area contributed by atoms with Gasteiger partial charge in [-0.25, -0.2) is 13.1 Å². The summed E-state index contributed by atoms with van der Waals surface area (Å²) in [6.07, 6.45) is 2.97. The van der Waals surface area contributed by atoms with Gasteiger partial charge in [0.15, 0.2) is 0 Å². The molecule has 2 atom stereocenters. The number of nitrogens with one attached hydrogen (secondary N) is 1. The van der Waals surface area contributed by atoms with Gasteiger partial charge < -0.3 is 5.73 Å². The Morgan fingerprint density at radius 1 is 1.43 bits per heavy atom. The first-order valence-electron chi connectivity index (χ1n) is 7.04. The molecule has 7 heteroatoms. The zero-order valence-electron chi connectivity index (χ0n) is 12.2. The van der Waals surface area contributed by atoms with E-state index in [1.54, 1.807) is 13.0 Å². The average Bonchev–Trinajstić information content (AvgIpc) is 2.81. The van der Waals surface area contributed by atoms with E-state index in [9.17, 15) is 8.42 Å². The van der Waals surface area contributed by atoms with Gasteiger partial charge in [0.2, 0.25) is 10.0 Å². The van der Waals surface area contributed by atoms with Crippen LogP contribution in [0.4, 0.5) is 5.69 Å². The maximum Gasteiger partial charge on any atom is 0.242 e. The van der Waals surface area contributed by atoms with Crippen LogP contribution in [0.5, 0.6) is 0 Å². The van der Waals surface area contributed by atoms with Crippen LogP contribution in [0.3, 0.4) is 0 Å². The lowest BCUT2D eigenvalue weighted by Crippen LogP contribution is -2.38. The monoisotopic (exact) mass is 348 g/mol. The zero-order valence-corrected chi connectivity index (χ0v) is 14.6. The van der Waals surface area contributed by atoms with Gasteiger partial charge in [-0.05, 0) is 43.2 Å². The van der Waals surface area contributed by atoms with Gasteiger partial charge in [-0.2, -0.15) is 11.8 Å². The normalized spacial score (nSPS) is 22.6. The predicted octanol–water partition coefficient (Wildman–Crippen LogP) is 3.18. The molecule has 0 bridgehead atoms. The molecule has 1 aromatic carbocycles. The molecule has 0 aromatic heterocycles. The van der Waals surface area contributed by atoms with Crippen LogP contribution in [-0.4, -0.2) is 25.5 Å². The molecule has 0 saturated heterocycles. The van der Waals surface area contributed by atoms with E-state index in [-0.39, 0.29) is 16.0 Å². The smallest absolute Gasteiger partial charge is 0.242 e. The number of nitrogen functional groups attached to an aromatic ring is 1. The lowest BCUT2D eigenvalue weighted by Gasteiger charge is -2.20. The Bertz CT molecular complexity index is 620. The summed E-state index contributed by atoms with van der Waals surface area (Å²) in [7, 11) is -3.64. The quantitative estimate of drug-likeness (QED) is 0.801. The van der Waals surface area contributed by atoms with Gasteiger partial charge in [0.05, 0.1) is 5.02 Å². The number of aryl methyl sites for hydroxylation is 1. The van der Waals surface area contributed by atoms with Gasteiger partial charge in [-0.3, -0.25) is 0 Å². The standard InChI is InChI=1S/C14H21ClN2O2S2/c1-3-20-13-6-4-5-12(13)17-21(18,19)14-8-11(16)9(2)7-10(14)15/h7-8,12-13,17H,3-6,16H2,1-2H3. The van der Waals surface area contributed by atoms with Crippen molar-refractivity contribution < 1.29 is 8.42 Å². The number of anilines is 1. The largest absolute Gasteiger partial charge is 0.398 e. The molecule has 2 rings (SSSR count). The van der Waals surface area contributed by atoms with Crippen molar-refractivity contribution in [2.75, 3.05) is 11.5 Å². The highest BCUT2D eigenvalue weighted by Crippen LogP contribution is 2.32. The number of thioether (sulfide) groups is 1. The first-order valence-corrected chi connectivity index (χ1v) is 9.95. The van der Waals surface area contributed by atoms with E-state index in [1.165, 1.54) is 6.07 Å². The minimum absolute atomic E-state index is 0.0291. The third kappa shape index (κ3) is 3.86. The van der Waals surface area contributed by atoms with Crippen LogP contribution in [0.25, 0.3) is 0 Å². The maximum atomic E-state index is 12.6. The van der Waals surface area contributed by atoms with Gasteiger partial charge in [0, 0.05) is 17.0 Å². The van der Waals surface area contributed by atoms with Crippen molar-refractivity contribution in [1.29, 1.82) is 0 Å². The molecule has 2 unspecified atom stereocenters. The number of rotatable bonds is 5. The van der Waals surface area contributed by atoms with E-state index < -0.39 is 10.0 Å². The van der Waals surface area contributed by atoms with Crippen molar-refractivity contribution in [1.82, 2.24) is 4.72 Å². The molecule has 0 spiro atoms. The Hall–Kier alpha value is -0.430. The summed E-state index contributed by atoms with van der Waals surface area (Å²) in [4.78, 5) is 0.0689. The van der Waals surface area contributed by atoms with Crippen LogP contribution in [-0.2, 0) is 10.0 Å². The first kappa shape index (κ1) is 16.9. The SMILES string of the molecule is CCSC1CCCC1NS(=O)(=O)c1cc(N)c(C)cc1Cl.